The Hall–Kier alpha value is -4.14. The second kappa shape index (κ2) is 10.0. The Labute approximate surface area is 203 Å². The summed E-state index contributed by atoms with van der Waals surface area (Å²) < 4.78 is 22.0. The number of aryl methyl sites for hydroxylation is 3. The van der Waals surface area contributed by atoms with Crippen molar-refractivity contribution in [3.63, 3.8) is 0 Å². The van der Waals surface area contributed by atoms with Crippen molar-refractivity contribution < 1.29 is 23.3 Å². The van der Waals surface area contributed by atoms with Crippen LogP contribution in [0, 0.1) is 20.8 Å². The lowest BCUT2D eigenvalue weighted by Crippen LogP contribution is -2.14. The lowest BCUT2D eigenvalue weighted by atomic mass is 10.1. The first-order chi connectivity index (χ1) is 16.8. The molecule has 1 N–H and O–H groups in total. The summed E-state index contributed by atoms with van der Waals surface area (Å²) in [7, 11) is 1.53. The molecule has 0 aliphatic heterocycles. The third kappa shape index (κ3) is 5.03. The van der Waals surface area contributed by atoms with Gasteiger partial charge in [0.1, 0.15) is 12.4 Å². The third-order valence-electron chi connectivity index (χ3n) is 5.68. The highest BCUT2D eigenvalue weighted by Gasteiger charge is 2.19. The van der Waals surface area contributed by atoms with Gasteiger partial charge in [-0.2, -0.15) is 4.98 Å². The standard InChI is InChI=1S/C26H28N4O5/c1-14(2)24-28-26(35-30-24)19-9-7-8-15(3)23(19)27-25(31)18-10-11-21(22(12-18)32-6)33-13-20-16(4)29-34-17(20)5/h7-12,14H,13H2,1-6H3,(H,27,31). The van der Waals surface area contributed by atoms with E-state index in [9.17, 15) is 4.79 Å². The van der Waals surface area contributed by atoms with Gasteiger partial charge in [-0.1, -0.05) is 36.3 Å². The summed E-state index contributed by atoms with van der Waals surface area (Å²) in [6.45, 7) is 9.85. The smallest absolute Gasteiger partial charge is 0.260 e. The molecule has 0 unspecified atom stereocenters. The molecule has 0 saturated carbocycles. The molecule has 0 radical (unpaired) electrons. The van der Waals surface area contributed by atoms with Gasteiger partial charge in [0.05, 0.1) is 29.6 Å². The van der Waals surface area contributed by atoms with Gasteiger partial charge in [-0.3, -0.25) is 4.79 Å². The van der Waals surface area contributed by atoms with Crippen LogP contribution >= 0.6 is 0 Å². The molecule has 4 aromatic rings. The Morgan fingerprint density at radius 1 is 1.06 bits per heavy atom. The van der Waals surface area contributed by atoms with Crippen LogP contribution in [0.5, 0.6) is 11.5 Å². The topological polar surface area (TPSA) is 113 Å². The Kier molecular flexibility index (Phi) is 6.86. The minimum Gasteiger partial charge on any atom is -0.493 e. The van der Waals surface area contributed by atoms with Crippen molar-refractivity contribution in [3.8, 4) is 23.0 Å². The molecule has 0 aliphatic carbocycles. The first-order valence-corrected chi connectivity index (χ1v) is 11.3. The lowest BCUT2D eigenvalue weighted by molar-refractivity contribution is 0.102. The predicted octanol–water partition coefficient (Wildman–Crippen LogP) is 5.61. The number of para-hydroxylation sites is 1. The molecule has 35 heavy (non-hydrogen) atoms. The van der Waals surface area contributed by atoms with E-state index < -0.39 is 0 Å². The Morgan fingerprint density at radius 2 is 1.86 bits per heavy atom. The quantitative estimate of drug-likeness (QED) is 0.349. The van der Waals surface area contributed by atoms with Crippen LogP contribution in [0.25, 0.3) is 11.5 Å². The van der Waals surface area contributed by atoms with Crippen LogP contribution in [-0.2, 0) is 6.61 Å². The fourth-order valence-corrected chi connectivity index (χ4v) is 3.56. The molecule has 0 atom stereocenters. The normalized spacial score (nSPS) is 11.1. The molecule has 0 bridgehead atoms. The van der Waals surface area contributed by atoms with E-state index in [0.29, 0.717) is 45.8 Å². The van der Waals surface area contributed by atoms with Crippen molar-refractivity contribution in [2.45, 2.75) is 47.1 Å². The van der Waals surface area contributed by atoms with Gasteiger partial charge in [0.15, 0.2) is 17.3 Å². The van der Waals surface area contributed by atoms with E-state index in [1.54, 1.807) is 18.2 Å². The van der Waals surface area contributed by atoms with Crippen LogP contribution in [0.3, 0.4) is 0 Å². The fourth-order valence-electron chi connectivity index (χ4n) is 3.56. The summed E-state index contributed by atoms with van der Waals surface area (Å²) in [6.07, 6.45) is 0. The maximum atomic E-state index is 13.2. The maximum absolute atomic E-state index is 13.2. The van der Waals surface area contributed by atoms with Crippen molar-refractivity contribution in [1.82, 2.24) is 15.3 Å². The predicted molar refractivity (Wildman–Crippen MR) is 130 cm³/mol. The van der Waals surface area contributed by atoms with Crippen LogP contribution in [0.4, 0.5) is 5.69 Å². The number of benzene rings is 2. The van der Waals surface area contributed by atoms with Gasteiger partial charge in [-0.25, -0.2) is 0 Å². The molecule has 1 amide bonds. The first-order valence-electron chi connectivity index (χ1n) is 11.3. The van der Waals surface area contributed by atoms with Crippen LogP contribution < -0.4 is 14.8 Å². The Balaban J connectivity index is 1.56. The number of aromatic nitrogens is 3. The largest absolute Gasteiger partial charge is 0.493 e. The summed E-state index contributed by atoms with van der Waals surface area (Å²) in [6, 6.07) is 10.7. The number of carbonyl (C=O) groups is 1. The number of nitrogens with one attached hydrogen (secondary N) is 1. The highest BCUT2D eigenvalue weighted by atomic mass is 16.5. The Bertz CT molecular complexity index is 1340. The minimum absolute atomic E-state index is 0.126. The molecule has 182 valence electrons. The highest BCUT2D eigenvalue weighted by molar-refractivity contribution is 6.06. The summed E-state index contributed by atoms with van der Waals surface area (Å²) in [4.78, 5) is 17.7. The van der Waals surface area contributed by atoms with E-state index in [2.05, 4.69) is 20.6 Å². The van der Waals surface area contributed by atoms with Crippen molar-refractivity contribution in [3.05, 3.63) is 70.4 Å². The molecular weight excluding hydrogens is 448 g/mol. The number of nitrogens with zero attached hydrogens (tertiary/aromatic N) is 3. The molecular formula is C26H28N4O5. The number of rotatable bonds is 8. The van der Waals surface area contributed by atoms with Gasteiger partial charge in [0.2, 0.25) is 0 Å². The van der Waals surface area contributed by atoms with E-state index in [1.165, 1.54) is 7.11 Å². The number of hydrogen-bond acceptors (Lipinski definition) is 8. The van der Waals surface area contributed by atoms with E-state index in [4.69, 9.17) is 18.5 Å². The summed E-state index contributed by atoms with van der Waals surface area (Å²) >= 11 is 0. The molecule has 0 aliphatic rings. The SMILES string of the molecule is COc1cc(C(=O)Nc2c(C)cccc2-c2nc(C(C)C)no2)ccc1OCc1c(C)noc1C. The van der Waals surface area contributed by atoms with E-state index >= 15 is 0 Å². The molecule has 2 aromatic heterocycles. The number of ether oxygens (including phenoxy) is 2. The highest BCUT2D eigenvalue weighted by Crippen LogP contribution is 2.33. The monoisotopic (exact) mass is 476 g/mol. The van der Waals surface area contributed by atoms with Crippen molar-refractivity contribution in [2.24, 2.45) is 0 Å². The summed E-state index contributed by atoms with van der Waals surface area (Å²) in [5.41, 5.74) is 4.19. The van der Waals surface area contributed by atoms with E-state index in [-0.39, 0.29) is 18.4 Å². The second-order valence-electron chi connectivity index (χ2n) is 8.52. The lowest BCUT2D eigenvalue weighted by Gasteiger charge is -2.14. The van der Waals surface area contributed by atoms with Gasteiger partial charge >= 0.3 is 0 Å². The van der Waals surface area contributed by atoms with Gasteiger partial charge in [0.25, 0.3) is 11.8 Å². The third-order valence-corrected chi connectivity index (χ3v) is 5.68. The first kappa shape index (κ1) is 24.0. The molecule has 0 spiro atoms. The average Bonchev–Trinajstić information content (AvgIpc) is 3.46. The van der Waals surface area contributed by atoms with Crippen molar-refractivity contribution >= 4 is 11.6 Å². The Morgan fingerprint density at radius 3 is 2.51 bits per heavy atom. The fraction of sp³-hybridized carbons (Fsp3) is 0.308. The molecule has 2 heterocycles. The van der Waals surface area contributed by atoms with E-state index in [0.717, 1.165) is 16.8 Å². The van der Waals surface area contributed by atoms with Gasteiger partial charge < -0.3 is 23.8 Å². The molecule has 0 fully saturated rings. The van der Waals surface area contributed by atoms with Crippen LogP contribution in [0.1, 0.15) is 58.5 Å². The average molecular weight is 477 g/mol. The van der Waals surface area contributed by atoms with Crippen molar-refractivity contribution in [2.75, 3.05) is 12.4 Å². The van der Waals surface area contributed by atoms with Gasteiger partial charge in [0, 0.05) is 11.5 Å². The molecule has 9 nitrogen and oxygen atoms in total. The van der Waals surface area contributed by atoms with Crippen LogP contribution in [-0.4, -0.2) is 28.3 Å². The maximum Gasteiger partial charge on any atom is 0.260 e. The molecule has 0 saturated heterocycles. The number of methoxy groups -OCH3 is 1. The minimum atomic E-state index is -0.306. The summed E-state index contributed by atoms with van der Waals surface area (Å²) in [5.74, 6) is 2.43. The molecule has 2 aromatic carbocycles. The number of hydrogen-bond donors (Lipinski definition) is 1. The van der Waals surface area contributed by atoms with Gasteiger partial charge in [-0.05, 0) is 50.6 Å². The molecule has 4 rings (SSSR count). The zero-order valence-electron chi connectivity index (χ0n) is 20.6. The molecule has 9 heteroatoms. The van der Waals surface area contributed by atoms with Crippen LogP contribution in [0.2, 0.25) is 0 Å². The second-order valence-corrected chi connectivity index (χ2v) is 8.52. The van der Waals surface area contributed by atoms with Crippen molar-refractivity contribution in [1.29, 1.82) is 0 Å². The van der Waals surface area contributed by atoms with E-state index in [1.807, 2.05) is 52.8 Å². The zero-order valence-corrected chi connectivity index (χ0v) is 20.6. The number of anilines is 1. The zero-order chi connectivity index (χ0) is 25.1. The van der Waals surface area contributed by atoms with Gasteiger partial charge in [-0.15, -0.1) is 0 Å². The van der Waals surface area contributed by atoms with Crippen LogP contribution in [0.15, 0.2) is 45.4 Å². The number of carbonyl (C=O) groups excluding carboxylic acids is 1. The summed E-state index contributed by atoms with van der Waals surface area (Å²) in [5, 5.41) is 11.0. The number of amides is 1.